The normalized spacial score (nSPS) is 19.9. The third kappa shape index (κ3) is 3.98. The van der Waals surface area contributed by atoms with Gasteiger partial charge in [-0.05, 0) is 26.2 Å². The van der Waals surface area contributed by atoms with Crippen molar-refractivity contribution in [2.45, 2.75) is 54.8 Å². The molecule has 2 unspecified atom stereocenters. The van der Waals surface area contributed by atoms with Crippen LogP contribution in [0, 0.1) is 0 Å². The SMILES string of the molecule is CC(CC(C)(NC1CC1)C(N)=O)Sc1cnn(C)c1. The first-order valence-corrected chi connectivity index (χ1v) is 7.50. The molecular weight excluding hydrogens is 260 g/mol. The van der Waals surface area contributed by atoms with Crippen LogP contribution in [0.4, 0.5) is 0 Å². The Balaban J connectivity index is 1.94. The molecule has 3 N–H and O–H groups in total. The largest absolute Gasteiger partial charge is 0.368 e. The van der Waals surface area contributed by atoms with Gasteiger partial charge in [-0.2, -0.15) is 5.10 Å². The van der Waals surface area contributed by atoms with Gasteiger partial charge in [-0.3, -0.25) is 9.48 Å². The van der Waals surface area contributed by atoms with Crippen molar-refractivity contribution in [3.63, 3.8) is 0 Å². The first-order chi connectivity index (χ1) is 8.89. The number of aromatic nitrogens is 2. The van der Waals surface area contributed by atoms with Crippen LogP contribution >= 0.6 is 11.8 Å². The molecular formula is C13H22N4OS. The molecule has 1 saturated carbocycles. The van der Waals surface area contributed by atoms with E-state index in [0.717, 1.165) is 24.2 Å². The maximum atomic E-state index is 11.7. The fraction of sp³-hybridized carbons (Fsp3) is 0.692. The second-order valence-electron chi connectivity index (χ2n) is 5.60. The number of nitrogens with one attached hydrogen (secondary N) is 1. The van der Waals surface area contributed by atoms with Gasteiger partial charge in [0.05, 0.1) is 11.7 Å². The molecule has 0 radical (unpaired) electrons. The van der Waals surface area contributed by atoms with Crippen LogP contribution in [0.5, 0.6) is 0 Å². The number of carbonyl (C=O) groups is 1. The van der Waals surface area contributed by atoms with Crippen LogP contribution < -0.4 is 11.1 Å². The monoisotopic (exact) mass is 282 g/mol. The highest BCUT2D eigenvalue weighted by Crippen LogP contribution is 2.30. The van der Waals surface area contributed by atoms with Crippen molar-refractivity contribution in [3.05, 3.63) is 12.4 Å². The minimum atomic E-state index is -0.615. The Morgan fingerprint density at radius 1 is 1.74 bits per heavy atom. The summed E-state index contributed by atoms with van der Waals surface area (Å²) in [6.45, 7) is 4.03. The second-order valence-corrected chi connectivity index (χ2v) is 7.11. The first kappa shape index (κ1) is 14.4. The summed E-state index contributed by atoms with van der Waals surface area (Å²) in [4.78, 5) is 12.8. The van der Waals surface area contributed by atoms with Gasteiger partial charge in [0.1, 0.15) is 0 Å². The number of amides is 1. The lowest BCUT2D eigenvalue weighted by molar-refractivity contribution is -0.124. The molecule has 2 rings (SSSR count). The number of thioether (sulfide) groups is 1. The molecule has 0 saturated heterocycles. The highest BCUT2D eigenvalue weighted by Gasteiger charge is 2.38. The minimum absolute atomic E-state index is 0.266. The van der Waals surface area contributed by atoms with Gasteiger partial charge in [-0.1, -0.05) is 6.92 Å². The predicted molar refractivity (Wildman–Crippen MR) is 76.9 cm³/mol. The molecule has 0 aliphatic heterocycles. The molecule has 0 spiro atoms. The molecule has 1 aliphatic rings. The van der Waals surface area contributed by atoms with E-state index in [2.05, 4.69) is 17.3 Å². The fourth-order valence-corrected chi connectivity index (χ4v) is 3.42. The van der Waals surface area contributed by atoms with Crippen molar-refractivity contribution < 1.29 is 4.79 Å². The first-order valence-electron chi connectivity index (χ1n) is 6.62. The molecule has 1 aromatic heterocycles. The summed E-state index contributed by atoms with van der Waals surface area (Å²) >= 11 is 1.73. The Kier molecular flexibility index (Phi) is 4.20. The smallest absolute Gasteiger partial charge is 0.237 e. The Hall–Kier alpha value is -1.01. The lowest BCUT2D eigenvalue weighted by Gasteiger charge is -2.30. The van der Waals surface area contributed by atoms with E-state index in [4.69, 9.17) is 5.73 Å². The van der Waals surface area contributed by atoms with E-state index in [1.165, 1.54) is 0 Å². The van der Waals surface area contributed by atoms with Crippen LogP contribution in [0.1, 0.15) is 33.1 Å². The second kappa shape index (κ2) is 5.54. The zero-order valence-electron chi connectivity index (χ0n) is 11.7. The van der Waals surface area contributed by atoms with Crippen molar-refractivity contribution in [2.75, 3.05) is 0 Å². The van der Waals surface area contributed by atoms with Gasteiger partial charge < -0.3 is 11.1 Å². The summed E-state index contributed by atoms with van der Waals surface area (Å²) in [5.41, 5.74) is 4.95. The molecule has 6 heteroatoms. The van der Waals surface area contributed by atoms with Gasteiger partial charge in [0.25, 0.3) is 0 Å². The lowest BCUT2D eigenvalue weighted by Crippen LogP contribution is -2.55. The van der Waals surface area contributed by atoms with E-state index in [-0.39, 0.29) is 5.91 Å². The van der Waals surface area contributed by atoms with Gasteiger partial charge in [0, 0.05) is 29.4 Å². The quantitative estimate of drug-likeness (QED) is 0.739. The lowest BCUT2D eigenvalue weighted by atomic mass is 9.95. The Morgan fingerprint density at radius 3 is 2.89 bits per heavy atom. The van der Waals surface area contributed by atoms with Gasteiger partial charge in [-0.15, -0.1) is 11.8 Å². The summed E-state index contributed by atoms with van der Waals surface area (Å²) in [5.74, 6) is -0.266. The average molecular weight is 282 g/mol. The van der Waals surface area contributed by atoms with Crippen molar-refractivity contribution in [1.82, 2.24) is 15.1 Å². The maximum absolute atomic E-state index is 11.7. The third-order valence-corrected chi connectivity index (χ3v) is 4.41. The molecule has 19 heavy (non-hydrogen) atoms. The van der Waals surface area contributed by atoms with E-state index in [9.17, 15) is 4.79 Å². The topological polar surface area (TPSA) is 72.9 Å². The van der Waals surface area contributed by atoms with Crippen LogP contribution in [0.3, 0.4) is 0 Å². The molecule has 0 aromatic carbocycles. The molecule has 1 amide bonds. The standard InChI is InChI=1S/C13H22N4OS/c1-9(19-11-7-15-17(3)8-11)6-13(2,12(14)18)16-10-4-5-10/h7-10,16H,4-6H2,1-3H3,(H2,14,18). The zero-order valence-corrected chi connectivity index (χ0v) is 12.5. The van der Waals surface area contributed by atoms with E-state index in [1.54, 1.807) is 16.4 Å². The molecule has 5 nitrogen and oxygen atoms in total. The summed E-state index contributed by atoms with van der Waals surface area (Å²) in [7, 11) is 1.90. The van der Waals surface area contributed by atoms with Gasteiger partial charge in [-0.25, -0.2) is 0 Å². The number of nitrogens with two attached hydrogens (primary N) is 1. The Labute approximate surface area is 118 Å². The zero-order chi connectivity index (χ0) is 14.0. The van der Waals surface area contributed by atoms with Crippen LogP contribution in [0.15, 0.2) is 17.3 Å². The average Bonchev–Trinajstić information content (AvgIpc) is 3.00. The number of primary amides is 1. The fourth-order valence-electron chi connectivity index (χ4n) is 2.22. The number of aryl methyl sites for hydroxylation is 1. The summed E-state index contributed by atoms with van der Waals surface area (Å²) in [6.07, 6.45) is 6.84. The maximum Gasteiger partial charge on any atom is 0.237 e. The highest BCUT2D eigenvalue weighted by molar-refractivity contribution is 7.99. The van der Waals surface area contributed by atoms with E-state index in [0.29, 0.717) is 11.3 Å². The molecule has 1 fully saturated rings. The van der Waals surface area contributed by atoms with Crippen LogP contribution in [-0.2, 0) is 11.8 Å². The number of rotatable bonds is 7. The summed E-state index contributed by atoms with van der Waals surface area (Å²) < 4.78 is 1.78. The molecule has 1 heterocycles. The number of carbonyl (C=O) groups excluding carboxylic acids is 1. The van der Waals surface area contributed by atoms with E-state index < -0.39 is 5.54 Å². The van der Waals surface area contributed by atoms with Crippen molar-refractivity contribution in [1.29, 1.82) is 0 Å². The molecule has 1 aliphatic carbocycles. The van der Waals surface area contributed by atoms with Gasteiger partial charge >= 0.3 is 0 Å². The van der Waals surface area contributed by atoms with Crippen molar-refractivity contribution >= 4 is 17.7 Å². The highest BCUT2D eigenvalue weighted by atomic mass is 32.2. The van der Waals surface area contributed by atoms with E-state index in [1.807, 2.05) is 26.4 Å². The Bertz CT molecular complexity index is 457. The molecule has 0 bridgehead atoms. The number of hydrogen-bond donors (Lipinski definition) is 2. The van der Waals surface area contributed by atoms with Gasteiger partial charge in [0.2, 0.25) is 5.91 Å². The summed E-state index contributed by atoms with van der Waals surface area (Å²) in [5, 5.41) is 7.83. The Morgan fingerprint density at radius 2 is 2.42 bits per heavy atom. The van der Waals surface area contributed by atoms with Crippen LogP contribution in [0.2, 0.25) is 0 Å². The summed E-state index contributed by atoms with van der Waals surface area (Å²) in [6, 6.07) is 0.466. The van der Waals surface area contributed by atoms with Gasteiger partial charge in [0.15, 0.2) is 0 Å². The molecule has 1 aromatic rings. The molecule has 2 atom stereocenters. The van der Waals surface area contributed by atoms with Crippen molar-refractivity contribution in [3.8, 4) is 0 Å². The third-order valence-electron chi connectivity index (χ3n) is 3.36. The number of hydrogen-bond acceptors (Lipinski definition) is 4. The predicted octanol–water partition coefficient (Wildman–Crippen LogP) is 1.29. The van der Waals surface area contributed by atoms with E-state index >= 15 is 0 Å². The minimum Gasteiger partial charge on any atom is -0.368 e. The van der Waals surface area contributed by atoms with Crippen LogP contribution in [0.25, 0.3) is 0 Å². The van der Waals surface area contributed by atoms with Crippen molar-refractivity contribution in [2.24, 2.45) is 12.8 Å². The number of nitrogens with zero attached hydrogens (tertiary/aromatic N) is 2. The van der Waals surface area contributed by atoms with Crippen LogP contribution in [-0.4, -0.2) is 32.5 Å². The molecule has 106 valence electrons.